The number of amides is 1. The Hall–Kier alpha value is -1.89. The van der Waals surface area contributed by atoms with Crippen LogP contribution in [-0.2, 0) is 11.3 Å². The van der Waals surface area contributed by atoms with E-state index >= 15 is 0 Å². The van der Waals surface area contributed by atoms with Crippen molar-refractivity contribution >= 4 is 11.9 Å². The zero-order chi connectivity index (χ0) is 15.3. The van der Waals surface area contributed by atoms with Gasteiger partial charge < -0.3 is 15.5 Å². The Balaban J connectivity index is 2.65. The van der Waals surface area contributed by atoms with Crippen molar-refractivity contribution in [1.82, 2.24) is 15.1 Å². The molecule has 0 fully saturated rings. The van der Waals surface area contributed by atoms with Gasteiger partial charge in [0.25, 0.3) is 5.91 Å². The zero-order valence-electron chi connectivity index (χ0n) is 12.0. The number of hydrogen-bond donors (Lipinski definition) is 3. The lowest BCUT2D eigenvalue weighted by Gasteiger charge is -2.08. The van der Waals surface area contributed by atoms with Crippen LogP contribution in [0, 0.1) is 0 Å². The molecule has 1 aromatic heterocycles. The Morgan fingerprint density at radius 2 is 2.10 bits per heavy atom. The van der Waals surface area contributed by atoms with Crippen molar-refractivity contribution < 1.29 is 19.8 Å². The van der Waals surface area contributed by atoms with E-state index in [1.807, 2.05) is 20.8 Å². The predicted octanol–water partition coefficient (Wildman–Crippen LogP) is 0.592. The lowest BCUT2D eigenvalue weighted by molar-refractivity contribution is -0.146. The first-order chi connectivity index (χ1) is 9.36. The van der Waals surface area contributed by atoms with Gasteiger partial charge in [0, 0.05) is 19.5 Å². The van der Waals surface area contributed by atoms with Gasteiger partial charge in [-0.2, -0.15) is 5.10 Å². The number of carbonyl (C=O) groups excluding carboxylic acids is 1. The first-order valence-electron chi connectivity index (χ1n) is 6.63. The minimum atomic E-state index is -1.46. The summed E-state index contributed by atoms with van der Waals surface area (Å²) in [4.78, 5) is 22.5. The maximum Gasteiger partial charge on any atom is 0.332 e. The second-order valence-electron chi connectivity index (χ2n) is 4.82. The molecule has 1 atom stereocenters. The molecule has 7 heteroatoms. The number of aromatic nitrogens is 2. The molecule has 0 saturated heterocycles. The van der Waals surface area contributed by atoms with Crippen LogP contribution in [0.2, 0.25) is 0 Å². The lowest BCUT2D eigenvalue weighted by atomic mass is 10.1. The Morgan fingerprint density at radius 1 is 1.45 bits per heavy atom. The number of carbonyl (C=O) groups is 2. The molecule has 0 aliphatic heterocycles. The van der Waals surface area contributed by atoms with Crippen LogP contribution in [0.4, 0.5) is 0 Å². The van der Waals surface area contributed by atoms with Gasteiger partial charge in [-0.25, -0.2) is 4.79 Å². The molecule has 0 aliphatic carbocycles. The number of aliphatic carboxylic acids is 1. The van der Waals surface area contributed by atoms with E-state index in [4.69, 9.17) is 10.2 Å². The van der Waals surface area contributed by atoms with Gasteiger partial charge in [-0.3, -0.25) is 9.48 Å². The monoisotopic (exact) mass is 283 g/mol. The minimum Gasteiger partial charge on any atom is -0.479 e. The van der Waals surface area contributed by atoms with Crippen molar-refractivity contribution in [3.63, 3.8) is 0 Å². The van der Waals surface area contributed by atoms with Crippen molar-refractivity contribution in [2.24, 2.45) is 0 Å². The Labute approximate surface area is 117 Å². The molecule has 20 heavy (non-hydrogen) atoms. The second kappa shape index (κ2) is 7.04. The molecule has 0 saturated carbocycles. The van der Waals surface area contributed by atoms with Crippen LogP contribution in [0.15, 0.2) is 6.07 Å². The first-order valence-corrected chi connectivity index (χ1v) is 6.63. The van der Waals surface area contributed by atoms with E-state index in [0.29, 0.717) is 12.2 Å². The van der Waals surface area contributed by atoms with Crippen molar-refractivity contribution in [3.05, 3.63) is 17.5 Å². The number of aryl methyl sites for hydroxylation is 1. The van der Waals surface area contributed by atoms with Crippen LogP contribution in [0.3, 0.4) is 0 Å². The Kier molecular flexibility index (Phi) is 5.69. The van der Waals surface area contributed by atoms with E-state index in [1.165, 1.54) is 0 Å². The highest BCUT2D eigenvalue weighted by atomic mass is 16.4. The van der Waals surface area contributed by atoms with E-state index in [0.717, 1.165) is 5.69 Å². The molecular weight excluding hydrogens is 262 g/mol. The number of nitrogens with one attached hydrogen (secondary N) is 1. The SMILES string of the molecule is CCn1nc(C(C)C)cc1C(=O)NCCC(O)C(=O)O. The lowest BCUT2D eigenvalue weighted by Crippen LogP contribution is -2.31. The summed E-state index contributed by atoms with van der Waals surface area (Å²) >= 11 is 0. The summed E-state index contributed by atoms with van der Waals surface area (Å²) in [6.45, 7) is 6.55. The number of aliphatic hydroxyl groups excluding tert-OH is 1. The van der Waals surface area contributed by atoms with Gasteiger partial charge in [0.15, 0.2) is 6.10 Å². The number of aliphatic hydroxyl groups is 1. The minimum absolute atomic E-state index is 0.0294. The highest BCUT2D eigenvalue weighted by Gasteiger charge is 2.17. The van der Waals surface area contributed by atoms with Crippen LogP contribution in [-0.4, -0.2) is 44.5 Å². The average molecular weight is 283 g/mol. The predicted molar refractivity (Wildman–Crippen MR) is 72.6 cm³/mol. The molecule has 0 bridgehead atoms. The smallest absolute Gasteiger partial charge is 0.332 e. The van der Waals surface area contributed by atoms with E-state index in [9.17, 15) is 9.59 Å². The van der Waals surface area contributed by atoms with E-state index in [2.05, 4.69) is 10.4 Å². The third kappa shape index (κ3) is 4.06. The van der Waals surface area contributed by atoms with Gasteiger partial charge in [-0.05, 0) is 18.9 Å². The van der Waals surface area contributed by atoms with Gasteiger partial charge in [0.1, 0.15) is 5.69 Å². The van der Waals surface area contributed by atoms with Crippen LogP contribution in [0.25, 0.3) is 0 Å². The molecule has 1 rings (SSSR count). The van der Waals surface area contributed by atoms with Crippen LogP contribution in [0.1, 0.15) is 49.3 Å². The third-order valence-corrected chi connectivity index (χ3v) is 2.91. The van der Waals surface area contributed by atoms with Gasteiger partial charge in [0.2, 0.25) is 0 Å². The fraction of sp³-hybridized carbons (Fsp3) is 0.615. The number of rotatable bonds is 7. The van der Waals surface area contributed by atoms with E-state index in [1.54, 1.807) is 10.7 Å². The number of carboxylic acid groups (broad SMARTS) is 1. The summed E-state index contributed by atoms with van der Waals surface area (Å²) in [5.74, 6) is -1.38. The number of carboxylic acids is 1. The van der Waals surface area contributed by atoms with E-state index < -0.39 is 12.1 Å². The van der Waals surface area contributed by atoms with Crippen molar-refractivity contribution in [2.75, 3.05) is 6.54 Å². The molecule has 1 unspecified atom stereocenters. The first kappa shape index (κ1) is 16.2. The Morgan fingerprint density at radius 3 is 2.60 bits per heavy atom. The molecule has 0 aromatic carbocycles. The molecule has 0 radical (unpaired) electrons. The second-order valence-corrected chi connectivity index (χ2v) is 4.82. The normalized spacial score (nSPS) is 12.4. The van der Waals surface area contributed by atoms with Gasteiger partial charge in [0.05, 0.1) is 5.69 Å². The molecule has 3 N–H and O–H groups in total. The van der Waals surface area contributed by atoms with Gasteiger partial charge >= 0.3 is 5.97 Å². The fourth-order valence-electron chi connectivity index (χ4n) is 1.68. The standard InChI is InChI=1S/C13H21N3O4/c1-4-16-10(7-9(15-16)8(2)3)12(18)14-6-5-11(17)13(19)20/h7-8,11,17H,4-6H2,1-3H3,(H,14,18)(H,19,20). The maximum absolute atomic E-state index is 12.0. The largest absolute Gasteiger partial charge is 0.479 e. The zero-order valence-corrected chi connectivity index (χ0v) is 12.0. The van der Waals surface area contributed by atoms with Crippen molar-refractivity contribution in [3.8, 4) is 0 Å². The quantitative estimate of drug-likeness (QED) is 0.679. The maximum atomic E-state index is 12.0. The molecule has 1 amide bonds. The molecule has 1 heterocycles. The average Bonchev–Trinajstić information content (AvgIpc) is 2.82. The number of hydrogen-bond acceptors (Lipinski definition) is 4. The molecule has 0 aliphatic rings. The fourth-order valence-corrected chi connectivity index (χ4v) is 1.68. The molecular formula is C13H21N3O4. The summed E-state index contributed by atoms with van der Waals surface area (Å²) in [6, 6.07) is 1.73. The summed E-state index contributed by atoms with van der Waals surface area (Å²) < 4.78 is 1.61. The Bertz CT molecular complexity index is 482. The molecule has 1 aromatic rings. The van der Waals surface area contributed by atoms with Crippen LogP contribution >= 0.6 is 0 Å². The molecule has 7 nitrogen and oxygen atoms in total. The van der Waals surface area contributed by atoms with Crippen LogP contribution in [0.5, 0.6) is 0 Å². The van der Waals surface area contributed by atoms with Crippen molar-refractivity contribution in [2.45, 2.75) is 45.8 Å². The highest BCUT2D eigenvalue weighted by molar-refractivity contribution is 5.92. The molecule has 112 valence electrons. The summed E-state index contributed by atoms with van der Waals surface area (Å²) in [7, 11) is 0. The van der Waals surface area contributed by atoms with Crippen molar-refractivity contribution in [1.29, 1.82) is 0 Å². The number of nitrogens with zero attached hydrogens (tertiary/aromatic N) is 2. The topological polar surface area (TPSA) is 104 Å². The third-order valence-electron chi connectivity index (χ3n) is 2.91. The van der Waals surface area contributed by atoms with E-state index in [-0.39, 0.29) is 24.8 Å². The van der Waals surface area contributed by atoms with Gasteiger partial charge in [-0.15, -0.1) is 0 Å². The van der Waals surface area contributed by atoms with Gasteiger partial charge in [-0.1, -0.05) is 13.8 Å². The highest BCUT2D eigenvalue weighted by Crippen LogP contribution is 2.14. The summed E-state index contributed by atoms with van der Waals surface area (Å²) in [6.07, 6.45) is -1.49. The van der Waals surface area contributed by atoms with Crippen LogP contribution < -0.4 is 5.32 Å². The summed E-state index contributed by atoms with van der Waals surface area (Å²) in [5, 5.41) is 24.6. The summed E-state index contributed by atoms with van der Waals surface area (Å²) in [5.41, 5.74) is 1.28. The molecule has 0 spiro atoms.